The van der Waals surface area contributed by atoms with Crippen LogP contribution in [0, 0.1) is 0 Å². The first-order valence-corrected chi connectivity index (χ1v) is 8.63. The molecule has 0 spiro atoms. The molecular formula is C4H16B4F4O8S3. The van der Waals surface area contributed by atoms with Crippen LogP contribution in [0.5, 0.6) is 0 Å². The Morgan fingerprint density at radius 1 is 0.652 bits per heavy atom. The molecule has 138 valence electrons. The zero-order chi connectivity index (χ0) is 19.6. The van der Waals surface area contributed by atoms with Crippen molar-refractivity contribution in [3.05, 3.63) is 0 Å². The topological polar surface area (TPSA) is 151 Å². The fraction of sp³-hybridized carbons (Fsp3) is 1.00. The van der Waals surface area contributed by atoms with Gasteiger partial charge in [-0.2, -0.15) is 0 Å². The van der Waals surface area contributed by atoms with Crippen LogP contribution in [0.4, 0.5) is 17.3 Å². The van der Waals surface area contributed by atoms with Gasteiger partial charge in [-0.3, -0.25) is 17.3 Å². The lowest BCUT2D eigenvalue weighted by molar-refractivity contribution is 0.232. The van der Waals surface area contributed by atoms with Crippen LogP contribution < -0.4 is 0 Å². The van der Waals surface area contributed by atoms with Gasteiger partial charge in [-0.15, -0.1) is 35.3 Å². The number of hydrogen-bond donors (Lipinski definition) is 7. The van der Waals surface area contributed by atoms with Crippen molar-refractivity contribution in [3.63, 3.8) is 0 Å². The van der Waals surface area contributed by atoms with E-state index in [0.29, 0.717) is 0 Å². The minimum Gasteiger partial charge on any atom is -0.398 e. The Morgan fingerprint density at radius 3 is 0.870 bits per heavy atom. The molecule has 0 aliphatic heterocycles. The van der Waals surface area contributed by atoms with E-state index in [-0.39, 0.29) is 0 Å². The van der Waals surface area contributed by atoms with Crippen molar-refractivity contribution in [1.29, 1.82) is 0 Å². The molecule has 0 unspecified atom stereocenters. The summed E-state index contributed by atoms with van der Waals surface area (Å²) in [7, 11) is -10.2. The van der Waals surface area contributed by atoms with Gasteiger partial charge in [0.15, 0.2) is 3.60 Å². The van der Waals surface area contributed by atoms with Crippen molar-refractivity contribution in [2.45, 2.75) is 3.60 Å². The Morgan fingerprint density at radius 2 is 0.826 bits per heavy atom. The van der Waals surface area contributed by atoms with Crippen molar-refractivity contribution < 1.29 is 57.1 Å². The van der Waals surface area contributed by atoms with Crippen LogP contribution >= 0.6 is 35.3 Å². The monoisotopic (exact) mass is 408 g/mol. The average Bonchev–Trinajstić information content (AvgIpc) is 2.34. The maximum absolute atomic E-state index is 12.1. The van der Waals surface area contributed by atoms with Crippen LogP contribution in [0.25, 0.3) is 0 Å². The zero-order valence-electron chi connectivity index (χ0n) is 12.1. The summed E-state index contributed by atoms with van der Waals surface area (Å²) in [5.74, 6) is 0. The lowest BCUT2D eigenvalue weighted by atomic mass is 10.3. The summed E-state index contributed by atoms with van der Waals surface area (Å²) in [5, 5.41) is 50.0. The summed E-state index contributed by atoms with van der Waals surface area (Å²) in [5.41, 5.74) is 0. The molecule has 0 amide bonds. The molecule has 0 fully saturated rings. The van der Waals surface area contributed by atoms with Gasteiger partial charge in [0.25, 0.3) is 0 Å². The normalized spacial score (nSPS) is 9.13. The van der Waals surface area contributed by atoms with Crippen LogP contribution in [-0.4, -0.2) is 87.1 Å². The van der Waals surface area contributed by atoms with Gasteiger partial charge in [-0.05, 0) is 18.8 Å². The van der Waals surface area contributed by atoms with E-state index >= 15 is 0 Å². The second-order valence-corrected chi connectivity index (χ2v) is 6.18. The van der Waals surface area contributed by atoms with Crippen LogP contribution in [0.1, 0.15) is 0 Å². The van der Waals surface area contributed by atoms with Crippen LogP contribution in [0.2, 0.25) is 0 Å². The molecule has 0 atom stereocenters. The van der Waals surface area contributed by atoms with Crippen molar-refractivity contribution >= 4 is 64.9 Å². The highest BCUT2D eigenvalue weighted by Gasteiger charge is 2.33. The quantitative estimate of drug-likeness (QED) is 0.161. The first-order valence-electron chi connectivity index (χ1n) is 4.96. The third kappa shape index (κ3) is 45.0. The maximum atomic E-state index is 12.1. The Hall–Kier alpha value is 0.710. The lowest BCUT2D eigenvalue weighted by Gasteiger charge is -2.27. The number of halogens is 4. The van der Waals surface area contributed by atoms with E-state index in [2.05, 4.69) is 4.65 Å². The summed E-state index contributed by atoms with van der Waals surface area (Å²) in [4.78, 5) is 0. The summed E-state index contributed by atoms with van der Waals surface area (Å²) in [6.07, 6.45) is 5.40. The van der Waals surface area contributed by atoms with Gasteiger partial charge < -0.3 is 39.8 Å². The van der Waals surface area contributed by atoms with Gasteiger partial charge in [0.05, 0.1) is 0 Å². The molecule has 0 aliphatic carbocycles. The van der Waals surface area contributed by atoms with E-state index in [1.807, 2.05) is 0 Å². The molecule has 0 bridgehead atoms. The smallest absolute Gasteiger partial charge is 0.398 e. The van der Waals surface area contributed by atoms with E-state index in [0.717, 1.165) is 0 Å². The predicted octanol–water partition coefficient (Wildman–Crippen LogP) is -1.57. The first kappa shape index (κ1) is 31.5. The van der Waals surface area contributed by atoms with Gasteiger partial charge >= 0.3 is 29.6 Å². The van der Waals surface area contributed by atoms with Crippen molar-refractivity contribution in [2.24, 2.45) is 0 Å². The highest BCUT2D eigenvalue weighted by atomic mass is 32.3. The second-order valence-electron chi connectivity index (χ2n) is 2.45. The Balaban J connectivity index is -0.000000124. The summed E-state index contributed by atoms with van der Waals surface area (Å²) in [6, 6.07) is 0. The average molecular weight is 408 g/mol. The molecular weight excluding hydrogens is 391 g/mol. The Bertz CT molecular complexity index is 203. The van der Waals surface area contributed by atoms with Crippen LogP contribution in [0.15, 0.2) is 0 Å². The molecule has 0 aliphatic rings. The van der Waals surface area contributed by atoms with E-state index < -0.39 is 33.2 Å². The van der Waals surface area contributed by atoms with E-state index in [1.54, 1.807) is 18.8 Å². The summed E-state index contributed by atoms with van der Waals surface area (Å²) in [6.45, 7) is 0. The summed E-state index contributed by atoms with van der Waals surface area (Å²) < 4.78 is 46.3. The molecule has 0 heterocycles. The second kappa shape index (κ2) is 20.8. The number of thioether (sulfide) groups is 3. The minimum atomic E-state index is -2.67. The molecule has 23 heavy (non-hydrogen) atoms. The predicted molar refractivity (Wildman–Crippen MR) is 87.3 cm³/mol. The molecule has 0 aromatic rings. The molecule has 0 aromatic carbocycles. The third-order valence-electron chi connectivity index (χ3n) is 0.992. The molecule has 8 nitrogen and oxygen atoms in total. The molecule has 0 saturated heterocycles. The fourth-order valence-electron chi connectivity index (χ4n) is 0.513. The van der Waals surface area contributed by atoms with Gasteiger partial charge in [-0.1, -0.05) is 0 Å². The maximum Gasteiger partial charge on any atom is 0.679 e. The Labute approximate surface area is 144 Å². The largest absolute Gasteiger partial charge is 0.679 e. The standard InChI is InChI=1S/C4H10BFO2S3.3BFH2O2/c1-9-4(10-2,11-3)8-5(6)7;3*2-1(3)4/h7H,1-3H3;3*3-4H. The first-order chi connectivity index (χ1) is 10.3. The number of hydrogen-bond acceptors (Lipinski definition) is 11. The fourth-order valence-corrected chi connectivity index (χ4v) is 3.04. The van der Waals surface area contributed by atoms with E-state index in [4.69, 9.17) is 35.2 Å². The highest BCUT2D eigenvalue weighted by molar-refractivity contribution is 8.32. The number of rotatable bonds is 5. The highest BCUT2D eigenvalue weighted by Crippen LogP contribution is 2.44. The van der Waals surface area contributed by atoms with E-state index in [9.17, 15) is 17.3 Å². The van der Waals surface area contributed by atoms with Gasteiger partial charge in [0.1, 0.15) is 0 Å². The van der Waals surface area contributed by atoms with Gasteiger partial charge in [0.2, 0.25) is 0 Å². The Kier molecular flexibility index (Phi) is 28.4. The molecule has 0 radical (unpaired) electrons. The molecule has 0 aromatic heterocycles. The van der Waals surface area contributed by atoms with Crippen LogP contribution in [-0.2, 0) is 4.65 Å². The molecule has 0 rings (SSSR count). The molecule has 0 saturated carbocycles. The third-order valence-corrected chi connectivity index (χ3v) is 5.78. The van der Waals surface area contributed by atoms with Gasteiger partial charge in [-0.25, -0.2) is 0 Å². The SMILES string of the molecule is CSC(OB(O)F)(SC)SC.OB(O)F.OB(O)F.OB(O)F. The lowest BCUT2D eigenvalue weighted by Crippen LogP contribution is -2.27. The molecule has 7 N–H and O–H groups in total. The van der Waals surface area contributed by atoms with Crippen molar-refractivity contribution in [2.75, 3.05) is 18.8 Å². The van der Waals surface area contributed by atoms with Crippen molar-refractivity contribution in [1.82, 2.24) is 0 Å². The van der Waals surface area contributed by atoms with Crippen LogP contribution in [0.3, 0.4) is 0 Å². The minimum absolute atomic E-state index is 0.728. The summed E-state index contributed by atoms with van der Waals surface area (Å²) >= 11 is 4.05. The van der Waals surface area contributed by atoms with E-state index in [1.165, 1.54) is 35.3 Å². The van der Waals surface area contributed by atoms with Gasteiger partial charge in [0, 0.05) is 0 Å². The van der Waals surface area contributed by atoms with Crippen molar-refractivity contribution in [3.8, 4) is 0 Å². The molecule has 19 heteroatoms. The zero-order valence-corrected chi connectivity index (χ0v) is 14.5.